The van der Waals surface area contributed by atoms with Gasteiger partial charge in [0.15, 0.2) is 10.9 Å². The molecule has 0 bridgehead atoms. The van der Waals surface area contributed by atoms with E-state index < -0.39 is 0 Å². The van der Waals surface area contributed by atoms with Gasteiger partial charge < -0.3 is 15.0 Å². The highest BCUT2D eigenvalue weighted by atomic mass is 32.1. The maximum Gasteiger partial charge on any atom is 0.267 e. The third-order valence-electron chi connectivity index (χ3n) is 4.53. The van der Waals surface area contributed by atoms with Crippen molar-refractivity contribution in [3.8, 4) is 11.5 Å². The van der Waals surface area contributed by atoms with E-state index in [1.165, 1.54) is 11.3 Å². The fourth-order valence-corrected chi connectivity index (χ4v) is 3.90. The van der Waals surface area contributed by atoms with E-state index in [2.05, 4.69) is 10.3 Å². The Hall–Kier alpha value is -3.64. The van der Waals surface area contributed by atoms with Crippen LogP contribution < -0.4 is 15.0 Å². The molecule has 0 unspecified atom stereocenters. The largest absolute Gasteiger partial charge is 0.455 e. The molecule has 30 heavy (non-hydrogen) atoms. The van der Waals surface area contributed by atoms with Crippen molar-refractivity contribution in [1.29, 1.82) is 0 Å². The number of benzene rings is 3. The quantitative estimate of drug-likeness (QED) is 0.404. The van der Waals surface area contributed by atoms with Crippen LogP contribution in [0.3, 0.4) is 0 Å². The first kappa shape index (κ1) is 19.7. The van der Waals surface area contributed by atoms with Crippen LogP contribution in [0.1, 0.15) is 15.4 Å². The van der Waals surface area contributed by atoms with Gasteiger partial charge in [0, 0.05) is 12.7 Å². The Morgan fingerprint density at radius 3 is 2.30 bits per heavy atom. The number of carbonyl (C=O) groups is 1. The normalized spacial score (nSPS) is 10.5. The highest BCUT2D eigenvalue weighted by molar-refractivity contribution is 7.17. The third kappa shape index (κ3) is 4.34. The van der Waals surface area contributed by atoms with Crippen LogP contribution in [0.25, 0.3) is 0 Å². The van der Waals surface area contributed by atoms with Crippen molar-refractivity contribution in [2.45, 2.75) is 6.92 Å². The van der Waals surface area contributed by atoms with Crippen molar-refractivity contribution in [3.63, 3.8) is 0 Å². The first-order chi connectivity index (χ1) is 14.6. The van der Waals surface area contributed by atoms with Gasteiger partial charge in [0.25, 0.3) is 5.91 Å². The van der Waals surface area contributed by atoms with Crippen molar-refractivity contribution in [1.82, 2.24) is 4.98 Å². The van der Waals surface area contributed by atoms with E-state index in [0.29, 0.717) is 27.8 Å². The van der Waals surface area contributed by atoms with Gasteiger partial charge in [0.05, 0.1) is 11.4 Å². The molecule has 1 N–H and O–H groups in total. The first-order valence-corrected chi connectivity index (χ1v) is 10.3. The van der Waals surface area contributed by atoms with Crippen molar-refractivity contribution in [3.05, 3.63) is 95.5 Å². The smallest absolute Gasteiger partial charge is 0.267 e. The third-order valence-corrected chi connectivity index (χ3v) is 5.76. The number of aromatic nitrogens is 1. The van der Waals surface area contributed by atoms with E-state index >= 15 is 0 Å². The van der Waals surface area contributed by atoms with Crippen molar-refractivity contribution < 1.29 is 9.53 Å². The summed E-state index contributed by atoms with van der Waals surface area (Å²) in [7, 11) is 1.94. The molecule has 6 heteroatoms. The molecule has 0 radical (unpaired) electrons. The van der Waals surface area contributed by atoms with Gasteiger partial charge in [-0.05, 0) is 43.3 Å². The fraction of sp³-hybridized carbons (Fsp3) is 0.0833. The molecule has 0 spiro atoms. The minimum absolute atomic E-state index is 0.207. The SMILES string of the molecule is Cc1nc(N(C)c2ccccc2)sc1C(=O)Nc1ccccc1Oc1ccccc1. The maximum absolute atomic E-state index is 13.0. The zero-order valence-corrected chi connectivity index (χ0v) is 17.5. The molecule has 0 aliphatic rings. The Morgan fingerprint density at radius 1 is 0.933 bits per heavy atom. The average Bonchev–Trinajstić information content (AvgIpc) is 3.17. The molecule has 0 saturated heterocycles. The Labute approximate surface area is 179 Å². The molecule has 0 atom stereocenters. The van der Waals surface area contributed by atoms with Crippen LogP contribution in [0, 0.1) is 6.92 Å². The second-order valence-electron chi connectivity index (χ2n) is 6.67. The van der Waals surface area contributed by atoms with Gasteiger partial charge in [-0.15, -0.1) is 0 Å². The highest BCUT2D eigenvalue weighted by Crippen LogP contribution is 2.33. The van der Waals surface area contributed by atoms with Crippen LogP contribution in [0.15, 0.2) is 84.9 Å². The molecule has 150 valence electrons. The number of nitrogens with one attached hydrogen (secondary N) is 1. The van der Waals surface area contributed by atoms with Crippen molar-refractivity contribution in [2.75, 3.05) is 17.3 Å². The maximum atomic E-state index is 13.0. The van der Waals surface area contributed by atoms with E-state index in [0.717, 1.165) is 10.8 Å². The highest BCUT2D eigenvalue weighted by Gasteiger charge is 2.19. The molecule has 4 rings (SSSR count). The molecule has 1 heterocycles. The molecule has 1 amide bonds. The number of hydrogen-bond donors (Lipinski definition) is 1. The summed E-state index contributed by atoms with van der Waals surface area (Å²) in [6.45, 7) is 1.85. The second-order valence-corrected chi connectivity index (χ2v) is 7.65. The van der Waals surface area contributed by atoms with Gasteiger partial charge in [0.1, 0.15) is 10.6 Å². The van der Waals surface area contributed by atoms with Crippen LogP contribution >= 0.6 is 11.3 Å². The van der Waals surface area contributed by atoms with E-state index in [-0.39, 0.29) is 5.91 Å². The minimum Gasteiger partial charge on any atom is -0.455 e. The Balaban J connectivity index is 1.55. The number of carbonyl (C=O) groups excluding carboxylic acids is 1. The standard InChI is InChI=1S/C24H21N3O2S/c1-17-22(30-24(25-17)27(2)18-11-5-3-6-12-18)23(28)26-20-15-9-10-16-21(20)29-19-13-7-4-8-14-19/h3-16H,1-2H3,(H,26,28). The van der Waals surface area contributed by atoms with Gasteiger partial charge in [-0.3, -0.25) is 4.79 Å². The molecule has 0 fully saturated rings. The molecule has 0 aliphatic heterocycles. The van der Waals surface area contributed by atoms with Crippen LogP contribution in [0.5, 0.6) is 11.5 Å². The topological polar surface area (TPSA) is 54.5 Å². The summed E-state index contributed by atoms with van der Waals surface area (Å²) < 4.78 is 5.94. The zero-order chi connectivity index (χ0) is 20.9. The second kappa shape index (κ2) is 8.80. The monoisotopic (exact) mass is 415 g/mol. The number of hydrogen-bond acceptors (Lipinski definition) is 5. The van der Waals surface area contributed by atoms with Gasteiger partial charge >= 0.3 is 0 Å². The zero-order valence-electron chi connectivity index (χ0n) is 16.7. The summed E-state index contributed by atoms with van der Waals surface area (Å²) in [5.41, 5.74) is 2.31. The van der Waals surface area contributed by atoms with Crippen LogP contribution in [-0.4, -0.2) is 17.9 Å². The Morgan fingerprint density at radius 2 is 1.57 bits per heavy atom. The fourth-order valence-electron chi connectivity index (χ4n) is 2.95. The van der Waals surface area contributed by atoms with Gasteiger partial charge in [-0.1, -0.05) is 59.9 Å². The summed E-state index contributed by atoms with van der Waals surface area (Å²) in [6.07, 6.45) is 0. The lowest BCUT2D eigenvalue weighted by molar-refractivity contribution is 0.102. The van der Waals surface area contributed by atoms with Crippen LogP contribution in [0.2, 0.25) is 0 Å². The summed E-state index contributed by atoms with van der Waals surface area (Å²) in [6, 6.07) is 26.8. The van der Waals surface area contributed by atoms with E-state index in [1.54, 1.807) is 0 Å². The molecule has 0 aliphatic carbocycles. The van der Waals surface area contributed by atoms with E-state index in [4.69, 9.17) is 4.74 Å². The molecule has 4 aromatic rings. The average molecular weight is 416 g/mol. The minimum atomic E-state index is -0.207. The number of amides is 1. The number of thiazole rings is 1. The molecule has 5 nitrogen and oxygen atoms in total. The van der Waals surface area contributed by atoms with Gasteiger partial charge in [-0.2, -0.15) is 0 Å². The van der Waals surface area contributed by atoms with Gasteiger partial charge in [-0.25, -0.2) is 4.98 Å². The molecule has 1 aromatic heterocycles. The molecule has 3 aromatic carbocycles. The number of anilines is 3. The Bertz CT molecular complexity index is 1140. The van der Waals surface area contributed by atoms with Crippen molar-refractivity contribution in [2.24, 2.45) is 0 Å². The lowest BCUT2D eigenvalue weighted by Gasteiger charge is -2.15. The van der Waals surface area contributed by atoms with E-state index in [9.17, 15) is 4.79 Å². The predicted molar refractivity (Wildman–Crippen MR) is 122 cm³/mol. The lowest BCUT2D eigenvalue weighted by Crippen LogP contribution is -2.12. The summed E-state index contributed by atoms with van der Waals surface area (Å²) >= 11 is 1.36. The molecular weight excluding hydrogens is 394 g/mol. The molecule has 0 saturated carbocycles. The van der Waals surface area contributed by atoms with E-state index in [1.807, 2.05) is 104 Å². The van der Waals surface area contributed by atoms with Gasteiger partial charge in [0.2, 0.25) is 0 Å². The summed E-state index contributed by atoms with van der Waals surface area (Å²) in [5.74, 6) is 1.09. The van der Waals surface area contributed by atoms with Crippen LogP contribution in [0.4, 0.5) is 16.5 Å². The first-order valence-electron chi connectivity index (χ1n) is 9.51. The predicted octanol–water partition coefficient (Wildman–Crippen LogP) is 6.26. The number of rotatable bonds is 6. The lowest BCUT2D eigenvalue weighted by atomic mass is 10.2. The number of aryl methyl sites for hydroxylation is 1. The van der Waals surface area contributed by atoms with Crippen molar-refractivity contribution >= 4 is 33.8 Å². The number of nitrogens with zero attached hydrogens (tertiary/aromatic N) is 2. The molecular formula is C24H21N3O2S. The summed E-state index contributed by atoms with van der Waals surface area (Å²) in [4.78, 5) is 20.1. The number of ether oxygens (including phenoxy) is 1. The van der Waals surface area contributed by atoms with Crippen LogP contribution in [-0.2, 0) is 0 Å². The number of para-hydroxylation sites is 4. The summed E-state index contributed by atoms with van der Waals surface area (Å²) in [5, 5.41) is 3.73. The Kier molecular flexibility index (Phi) is 5.77.